The van der Waals surface area contributed by atoms with E-state index in [1.165, 1.54) is 4.88 Å². The lowest BCUT2D eigenvalue weighted by Gasteiger charge is -2.07. The molecule has 1 N–H and O–H groups in total. The van der Waals surface area contributed by atoms with Crippen LogP contribution in [0.4, 0.5) is 0 Å². The third-order valence-corrected chi connectivity index (χ3v) is 5.03. The Labute approximate surface area is 160 Å². The summed E-state index contributed by atoms with van der Waals surface area (Å²) in [7, 11) is 0. The SMILES string of the molecule is O=C(NCCc1cccs1)c1ccccc1-c1nc(-c2ccccc2)no1. The van der Waals surface area contributed by atoms with Crippen LogP contribution in [0.1, 0.15) is 15.2 Å². The molecule has 0 unspecified atom stereocenters. The maximum absolute atomic E-state index is 12.6. The minimum Gasteiger partial charge on any atom is -0.352 e. The molecule has 0 radical (unpaired) electrons. The van der Waals surface area contributed by atoms with Crippen LogP contribution in [-0.2, 0) is 6.42 Å². The fraction of sp³-hybridized carbons (Fsp3) is 0.0952. The fourth-order valence-electron chi connectivity index (χ4n) is 2.75. The number of nitrogens with one attached hydrogen (secondary N) is 1. The molecule has 0 aliphatic heterocycles. The Morgan fingerprint density at radius 3 is 2.63 bits per heavy atom. The van der Waals surface area contributed by atoms with E-state index >= 15 is 0 Å². The predicted molar refractivity (Wildman–Crippen MR) is 106 cm³/mol. The van der Waals surface area contributed by atoms with E-state index in [1.807, 2.05) is 60.0 Å². The summed E-state index contributed by atoms with van der Waals surface area (Å²) in [4.78, 5) is 18.3. The molecule has 4 aromatic rings. The Kier molecular flexibility index (Phi) is 5.07. The molecule has 0 saturated carbocycles. The average Bonchev–Trinajstić information content (AvgIpc) is 3.41. The van der Waals surface area contributed by atoms with E-state index in [9.17, 15) is 4.79 Å². The van der Waals surface area contributed by atoms with Crippen molar-refractivity contribution in [1.82, 2.24) is 15.5 Å². The number of thiophene rings is 1. The van der Waals surface area contributed by atoms with Crippen molar-refractivity contribution in [3.05, 3.63) is 82.6 Å². The van der Waals surface area contributed by atoms with Gasteiger partial charge in [0.1, 0.15) is 0 Å². The summed E-state index contributed by atoms with van der Waals surface area (Å²) in [5.74, 6) is 0.679. The van der Waals surface area contributed by atoms with E-state index in [1.54, 1.807) is 17.4 Å². The summed E-state index contributed by atoms with van der Waals surface area (Å²) in [5.41, 5.74) is 2.01. The fourth-order valence-corrected chi connectivity index (χ4v) is 3.46. The van der Waals surface area contributed by atoms with Crippen LogP contribution in [0.25, 0.3) is 22.8 Å². The van der Waals surface area contributed by atoms with Gasteiger partial charge in [-0.3, -0.25) is 4.79 Å². The Hall–Kier alpha value is -3.25. The Morgan fingerprint density at radius 2 is 1.81 bits per heavy atom. The lowest BCUT2D eigenvalue weighted by atomic mass is 10.1. The van der Waals surface area contributed by atoms with Crippen LogP contribution >= 0.6 is 11.3 Å². The molecule has 0 saturated heterocycles. The van der Waals surface area contributed by atoms with Gasteiger partial charge in [-0.05, 0) is 30.0 Å². The number of carbonyl (C=O) groups excluding carboxylic acids is 1. The maximum atomic E-state index is 12.6. The third kappa shape index (κ3) is 3.96. The molecule has 0 fully saturated rings. The van der Waals surface area contributed by atoms with Crippen LogP contribution in [0, 0.1) is 0 Å². The van der Waals surface area contributed by atoms with E-state index in [4.69, 9.17) is 4.52 Å². The predicted octanol–water partition coefficient (Wildman–Crippen LogP) is 4.44. The van der Waals surface area contributed by atoms with E-state index in [-0.39, 0.29) is 5.91 Å². The number of aromatic nitrogens is 2. The van der Waals surface area contributed by atoms with Crippen LogP contribution < -0.4 is 5.32 Å². The zero-order chi connectivity index (χ0) is 18.5. The van der Waals surface area contributed by atoms with E-state index < -0.39 is 0 Å². The minimum absolute atomic E-state index is 0.151. The summed E-state index contributed by atoms with van der Waals surface area (Å²) >= 11 is 1.69. The molecule has 1 amide bonds. The van der Waals surface area contributed by atoms with Gasteiger partial charge in [-0.15, -0.1) is 11.3 Å². The van der Waals surface area contributed by atoms with E-state index in [0.29, 0.717) is 29.4 Å². The number of benzene rings is 2. The molecule has 0 atom stereocenters. The molecule has 2 heterocycles. The normalized spacial score (nSPS) is 10.7. The van der Waals surface area contributed by atoms with Crippen LogP contribution in [0.5, 0.6) is 0 Å². The zero-order valence-corrected chi connectivity index (χ0v) is 15.3. The van der Waals surface area contributed by atoms with Crippen molar-refractivity contribution in [2.45, 2.75) is 6.42 Å². The number of rotatable bonds is 6. The van der Waals surface area contributed by atoms with Gasteiger partial charge in [0.15, 0.2) is 0 Å². The molecule has 4 rings (SSSR count). The molecule has 5 nitrogen and oxygen atoms in total. The van der Waals surface area contributed by atoms with Gasteiger partial charge >= 0.3 is 0 Å². The molecular weight excluding hydrogens is 358 g/mol. The van der Waals surface area contributed by atoms with Crippen molar-refractivity contribution in [1.29, 1.82) is 0 Å². The van der Waals surface area contributed by atoms with Gasteiger partial charge in [-0.1, -0.05) is 53.7 Å². The summed E-state index contributed by atoms with van der Waals surface area (Å²) in [6.45, 7) is 0.576. The van der Waals surface area contributed by atoms with Crippen molar-refractivity contribution >= 4 is 17.2 Å². The number of hydrogen-bond acceptors (Lipinski definition) is 5. The first kappa shape index (κ1) is 17.2. The van der Waals surface area contributed by atoms with Gasteiger partial charge < -0.3 is 9.84 Å². The first-order valence-electron chi connectivity index (χ1n) is 8.60. The summed E-state index contributed by atoms with van der Waals surface area (Å²) in [5, 5.41) is 9.04. The second-order valence-electron chi connectivity index (χ2n) is 5.92. The van der Waals surface area contributed by atoms with Crippen LogP contribution in [0.15, 0.2) is 76.6 Å². The molecule has 0 aliphatic carbocycles. The van der Waals surface area contributed by atoms with Crippen molar-refractivity contribution in [2.75, 3.05) is 6.54 Å². The van der Waals surface area contributed by atoms with Crippen molar-refractivity contribution in [2.24, 2.45) is 0 Å². The van der Waals surface area contributed by atoms with Crippen LogP contribution in [0.3, 0.4) is 0 Å². The first-order valence-corrected chi connectivity index (χ1v) is 9.48. The highest BCUT2D eigenvalue weighted by Crippen LogP contribution is 2.25. The largest absolute Gasteiger partial charge is 0.352 e. The highest BCUT2D eigenvalue weighted by atomic mass is 32.1. The number of carbonyl (C=O) groups is 1. The van der Waals surface area contributed by atoms with Crippen LogP contribution in [0.2, 0.25) is 0 Å². The van der Waals surface area contributed by atoms with E-state index in [0.717, 1.165) is 12.0 Å². The zero-order valence-electron chi connectivity index (χ0n) is 14.5. The molecule has 0 bridgehead atoms. The van der Waals surface area contributed by atoms with Gasteiger partial charge in [0, 0.05) is 17.0 Å². The summed E-state index contributed by atoms with van der Waals surface area (Å²) < 4.78 is 5.42. The lowest BCUT2D eigenvalue weighted by molar-refractivity contribution is 0.0954. The Balaban J connectivity index is 1.52. The Morgan fingerprint density at radius 1 is 1.00 bits per heavy atom. The quantitative estimate of drug-likeness (QED) is 0.541. The maximum Gasteiger partial charge on any atom is 0.259 e. The smallest absolute Gasteiger partial charge is 0.259 e. The van der Waals surface area contributed by atoms with Crippen molar-refractivity contribution < 1.29 is 9.32 Å². The molecule has 27 heavy (non-hydrogen) atoms. The number of hydrogen-bond donors (Lipinski definition) is 1. The molecule has 0 aliphatic rings. The molecule has 6 heteroatoms. The first-order chi connectivity index (χ1) is 13.3. The van der Waals surface area contributed by atoms with Crippen LogP contribution in [-0.4, -0.2) is 22.6 Å². The van der Waals surface area contributed by atoms with E-state index in [2.05, 4.69) is 21.5 Å². The standard InChI is InChI=1S/C21H17N3O2S/c25-20(22-13-12-16-9-6-14-27-16)17-10-4-5-11-18(17)21-23-19(24-26-21)15-7-2-1-3-8-15/h1-11,14H,12-13H2,(H,22,25). The Bertz CT molecular complexity index is 1030. The van der Waals surface area contributed by atoms with Gasteiger partial charge in [0.25, 0.3) is 11.8 Å². The molecule has 2 aromatic heterocycles. The summed E-state index contributed by atoms with van der Waals surface area (Å²) in [6.07, 6.45) is 0.810. The lowest BCUT2D eigenvalue weighted by Crippen LogP contribution is -2.26. The molecule has 134 valence electrons. The van der Waals surface area contributed by atoms with Crippen molar-refractivity contribution in [3.63, 3.8) is 0 Å². The molecule has 2 aromatic carbocycles. The molecular formula is C21H17N3O2S. The highest BCUT2D eigenvalue weighted by Gasteiger charge is 2.17. The second kappa shape index (κ2) is 7.97. The number of amides is 1. The highest BCUT2D eigenvalue weighted by molar-refractivity contribution is 7.09. The van der Waals surface area contributed by atoms with Crippen molar-refractivity contribution in [3.8, 4) is 22.8 Å². The minimum atomic E-state index is -0.151. The van der Waals surface area contributed by atoms with Gasteiger partial charge in [-0.2, -0.15) is 4.98 Å². The van der Waals surface area contributed by atoms with Gasteiger partial charge in [0.2, 0.25) is 5.82 Å². The molecule has 0 spiro atoms. The second-order valence-corrected chi connectivity index (χ2v) is 6.95. The van der Waals surface area contributed by atoms with Gasteiger partial charge in [-0.25, -0.2) is 0 Å². The van der Waals surface area contributed by atoms with Gasteiger partial charge in [0.05, 0.1) is 11.1 Å². The summed E-state index contributed by atoms with van der Waals surface area (Å²) in [6, 6.07) is 20.9. The third-order valence-electron chi connectivity index (χ3n) is 4.10. The monoisotopic (exact) mass is 375 g/mol. The topological polar surface area (TPSA) is 68.0 Å². The number of nitrogens with zero attached hydrogens (tertiary/aromatic N) is 2. The average molecular weight is 375 g/mol.